The predicted molar refractivity (Wildman–Crippen MR) is 68.7 cm³/mol. The summed E-state index contributed by atoms with van der Waals surface area (Å²) in [6.07, 6.45) is -0.320. The Kier molecular flexibility index (Phi) is 4.18. The summed E-state index contributed by atoms with van der Waals surface area (Å²) in [4.78, 5) is 12.6. The van der Waals surface area contributed by atoms with E-state index in [4.69, 9.17) is 14.6 Å². The molecule has 0 bridgehead atoms. The van der Waals surface area contributed by atoms with Crippen LogP contribution < -0.4 is 9.64 Å². The van der Waals surface area contributed by atoms with Gasteiger partial charge in [-0.05, 0) is 12.1 Å². The van der Waals surface area contributed by atoms with E-state index in [0.717, 1.165) is 0 Å². The lowest BCUT2D eigenvalue weighted by Gasteiger charge is -2.33. The zero-order valence-electron chi connectivity index (χ0n) is 10.6. The minimum Gasteiger partial charge on any atom is -0.490 e. The number of hydrogen-bond donors (Lipinski definition) is 1. The van der Waals surface area contributed by atoms with Gasteiger partial charge >= 0.3 is 5.69 Å². The fourth-order valence-corrected chi connectivity index (χ4v) is 2.16. The fraction of sp³-hybridized carbons (Fsp3) is 0.500. The summed E-state index contributed by atoms with van der Waals surface area (Å²) >= 11 is 0. The molecule has 0 aliphatic carbocycles. The number of para-hydroxylation sites is 1. The highest BCUT2D eigenvalue weighted by Crippen LogP contribution is 2.37. The molecule has 1 aromatic rings. The summed E-state index contributed by atoms with van der Waals surface area (Å²) < 4.78 is 10.4. The maximum atomic E-state index is 11.2. The van der Waals surface area contributed by atoms with Crippen LogP contribution in [0, 0.1) is 10.1 Å². The number of anilines is 1. The molecule has 0 amide bonds. The summed E-state index contributed by atoms with van der Waals surface area (Å²) in [5.41, 5.74) is 0.440. The van der Waals surface area contributed by atoms with E-state index in [-0.39, 0.29) is 24.1 Å². The summed E-state index contributed by atoms with van der Waals surface area (Å²) in [6.45, 7) is 1.29. The quantitative estimate of drug-likeness (QED) is 0.642. The molecule has 0 spiro atoms. The second kappa shape index (κ2) is 5.85. The molecular weight excluding hydrogens is 252 g/mol. The van der Waals surface area contributed by atoms with Gasteiger partial charge in [-0.2, -0.15) is 0 Å². The van der Waals surface area contributed by atoms with Crippen molar-refractivity contribution in [3.8, 4) is 5.75 Å². The van der Waals surface area contributed by atoms with Crippen LogP contribution in [0.15, 0.2) is 18.2 Å². The van der Waals surface area contributed by atoms with Crippen LogP contribution in [0.3, 0.4) is 0 Å². The average molecular weight is 268 g/mol. The predicted octanol–water partition coefficient (Wildman–Crippen LogP) is 0.801. The molecule has 1 aromatic carbocycles. The molecule has 1 aliphatic heterocycles. The number of nitrogens with zero attached hydrogens (tertiary/aromatic N) is 2. The number of ether oxygens (including phenoxy) is 2. The molecule has 0 radical (unpaired) electrons. The van der Waals surface area contributed by atoms with Gasteiger partial charge in [0.25, 0.3) is 0 Å². The van der Waals surface area contributed by atoms with Crippen molar-refractivity contribution in [3.05, 3.63) is 28.3 Å². The summed E-state index contributed by atoms with van der Waals surface area (Å²) in [5.74, 6) is 0.231. The van der Waals surface area contributed by atoms with Crippen LogP contribution in [0.4, 0.5) is 11.4 Å². The van der Waals surface area contributed by atoms with Crippen LogP contribution in [0.25, 0.3) is 0 Å². The molecule has 1 fully saturated rings. The second-order valence-corrected chi connectivity index (χ2v) is 4.21. The fourth-order valence-electron chi connectivity index (χ4n) is 2.16. The van der Waals surface area contributed by atoms with Crippen LogP contribution in [-0.4, -0.2) is 49.5 Å². The lowest BCUT2D eigenvalue weighted by Crippen LogP contribution is -2.44. The number of nitro groups is 1. The first-order valence-electron chi connectivity index (χ1n) is 5.96. The van der Waals surface area contributed by atoms with Crippen LogP contribution in [0.2, 0.25) is 0 Å². The molecule has 1 saturated heterocycles. The number of methoxy groups -OCH3 is 1. The minimum atomic E-state index is -0.447. The van der Waals surface area contributed by atoms with E-state index < -0.39 is 4.92 Å². The Morgan fingerprint density at radius 3 is 3.05 bits per heavy atom. The lowest BCUT2D eigenvalue weighted by molar-refractivity contribution is -0.385. The highest BCUT2D eigenvalue weighted by Gasteiger charge is 2.28. The molecule has 1 atom stereocenters. The molecule has 1 aliphatic rings. The molecule has 0 aromatic heterocycles. The van der Waals surface area contributed by atoms with Gasteiger partial charge in [-0.25, -0.2) is 0 Å². The third kappa shape index (κ3) is 2.77. The van der Waals surface area contributed by atoms with Crippen molar-refractivity contribution in [2.24, 2.45) is 0 Å². The van der Waals surface area contributed by atoms with Gasteiger partial charge in [0.05, 0.1) is 31.4 Å². The van der Waals surface area contributed by atoms with Crippen molar-refractivity contribution in [1.29, 1.82) is 0 Å². The number of aliphatic hydroxyl groups excluding tert-OH is 1. The largest absolute Gasteiger partial charge is 0.490 e. The maximum Gasteiger partial charge on any atom is 0.333 e. The van der Waals surface area contributed by atoms with Crippen molar-refractivity contribution < 1.29 is 19.5 Å². The van der Waals surface area contributed by atoms with Crippen LogP contribution in [0.5, 0.6) is 5.75 Å². The van der Waals surface area contributed by atoms with Gasteiger partial charge in [-0.3, -0.25) is 10.1 Å². The monoisotopic (exact) mass is 268 g/mol. The molecular formula is C12H16N2O5. The van der Waals surface area contributed by atoms with E-state index in [2.05, 4.69) is 0 Å². The summed E-state index contributed by atoms with van der Waals surface area (Å²) in [7, 11) is 1.40. The number of nitro benzene ring substituents is 1. The number of morpholine rings is 1. The van der Waals surface area contributed by atoms with E-state index >= 15 is 0 Å². The zero-order chi connectivity index (χ0) is 13.8. The Hall–Kier alpha value is -1.86. The molecule has 7 heteroatoms. The van der Waals surface area contributed by atoms with Crippen LogP contribution in [-0.2, 0) is 4.74 Å². The number of rotatable bonds is 4. The molecule has 7 nitrogen and oxygen atoms in total. The standard InChI is InChI=1S/C12H16N2O5/c1-18-11-4-2-3-10(12(11)14(16)17)13-5-6-19-9(7-13)8-15/h2-4,9,15H,5-8H2,1H3. The SMILES string of the molecule is COc1cccc(N2CCOC(CO)C2)c1[N+](=O)[O-]. The van der Waals surface area contributed by atoms with Crippen LogP contribution >= 0.6 is 0 Å². The number of hydrogen-bond acceptors (Lipinski definition) is 6. The van der Waals surface area contributed by atoms with Gasteiger partial charge < -0.3 is 19.5 Å². The van der Waals surface area contributed by atoms with E-state index in [1.165, 1.54) is 7.11 Å². The maximum absolute atomic E-state index is 11.2. The first-order chi connectivity index (χ1) is 9.17. The highest BCUT2D eigenvalue weighted by molar-refractivity contribution is 5.70. The Balaban J connectivity index is 2.35. The van der Waals surface area contributed by atoms with Crippen LogP contribution in [0.1, 0.15) is 0 Å². The molecule has 19 heavy (non-hydrogen) atoms. The third-order valence-electron chi connectivity index (χ3n) is 3.06. The molecule has 104 valence electrons. The molecule has 1 N–H and O–H groups in total. The topological polar surface area (TPSA) is 85.1 Å². The first kappa shape index (κ1) is 13.6. The first-order valence-corrected chi connectivity index (χ1v) is 5.96. The third-order valence-corrected chi connectivity index (χ3v) is 3.06. The van der Waals surface area contributed by atoms with Crippen molar-refractivity contribution in [2.75, 3.05) is 38.3 Å². The lowest BCUT2D eigenvalue weighted by atomic mass is 10.2. The number of aliphatic hydroxyl groups is 1. The summed E-state index contributed by atoms with van der Waals surface area (Å²) in [6, 6.07) is 4.95. The van der Waals surface area contributed by atoms with Gasteiger partial charge in [0, 0.05) is 13.1 Å². The molecule has 1 heterocycles. The normalized spacial score (nSPS) is 19.3. The van der Waals surface area contributed by atoms with Gasteiger partial charge in [0.1, 0.15) is 5.69 Å². The van der Waals surface area contributed by atoms with E-state index in [1.807, 2.05) is 4.90 Å². The molecule has 0 saturated carbocycles. The van der Waals surface area contributed by atoms with E-state index in [0.29, 0.717) is 25.4 Å². The van der Waals surface area contributed by atoms with Crippen molar-refractivity contribution >= 4 is 11.4 Å². The van der Waals surface area contributed by atoms with E-state index in [9.17, 15) is 10.1 Å². The zero-order valence-corrected chi connectivity index (χ0v) is 10.6. The Bertz CT molecular complexity index is 465. The van der Waals surface area contributed by atoms with Crippen molar-refractivity contribution in [3.63, 3.8) is 0 Å². The molecule has 1 unspecified atom stereocenters. The van der Waals surface area contributed by atoms with Gasteiger partial charge in [0.15, 0.2) is 5.75 Å². The van der Waals surface area contributed by atoms with Gasteiger partial charge in [-0.1, -0.05) is 6.07 Å². The average Bonchev–Trinajstić information content (AvgIpc) is 2.46. The van der Waals surface area contributed by atoms with Crippen molar-refractivity contribution in [2.45, 2.75) is 6.10 Å². The van der Waals surface area contributed by atoms with E-state index in [1.54, 1.807) is 18.2 Å². The smallest absolute Gasteiger partial charge is 0.333 e. The minimum absolute atomic E-state index is 0.0522. The molecule has 2 rings (SSSR count). The van der Waals surface area contributed by atoms with Gasteiger partial charge in [0.2, 0.25) is 0 Å². The second-order valence-electron chi connectivity index (χ2n) is 4.21. The Labute approximate surface area is 110 Å². The number of benzene rings is 1. The van der Waals surface area contributed by atoms with Gasteiger partial charge in [-0.15, -0.1) is 0 Å². The Morgan fingerprint density at radius 2 is 2.42 bits per heavy atom. The van der Waals surface area contributed by atoms with Crippen molar-refractivity contribution in [1.82, 2.24) is 0 Å². The Morgan fingerprint density at radius 1 is 1.63 bits per heavy atom. The summed E-state index contributed by atoms with van der Waals surface area (Å²) in [5, 5.41) is 20.3. The highest BCUT2D eigenvalue weighted by atomic mass is 16.6.